The summed E-state index contributed by atoms with van der Waals surface area (Å²) < 4.78 is 29.2. The van der Waals surface area contributed by atoms with Gasteiger partial charge in [-0.25, -0.2) is 8.42 Å². The van der Waals surface area contributed by atoms with E-state index in [-0.39, 0.29) is 11.1 Å². The number of anilines is 1. The summed E-state index contributed by atoms with van der Waals surface area (Å²) in [6, 6.07) is 3.44. The molecule has 3 rings (SSSR count). The van der Waals surface area contributed by atoms with E-state index in [1.54, 1.807) is 20.2 Å². The first-order valence-corrected chi connectivity index (χ1v) is 9.28. The van der Waals surface area contributed by atoms with Crippen LogP contribution < -0.4 is 4.90 Å². The summed E-state index contributed by atoms with van der Waals surface area (Å²) in [5, 5.41) is 12.7. The van der Waals surface area contributed by atoms with E-state index in [9.17, 15) is 8.42 Å². The van der Waals surface area contributed by atoms with E-state index in [0.29, 0.717) is 17.8 Å². The van der Waals surface area contributed by atoms with Gasteiger partial charge in [-0.05, 0) is 31.9 Å². The van der Waals surface area contributed by atoms with Gasteiger partial charge >= 0.3 is 0 Å². The first-order chi connectivity index (χ1) is 11.3. The minimum atomic E-state index is -3.62. The largest absolute Gasteiger partial charge is 0.361 e. The molecule has 1 aliphatic heterocycles. The maximum atomic E-state index is 13.1. The van der Waals surface area contributed by atoms with Crippen molar-refractivity contribution < 1.29 is 8.42 Å². The Labute approximate surface area is 142 Å². The van der Waals surface area contributed by atoms with Crippen LogP contribution >= 0.6 is 0 Å². The summed E-state index contributed by atoms with van der Waals surface area (Å²) in [6.45, 7) is 2.24. The fourth-order valence-corrected chi connectivity index (χ4v) is 5.07. The Balaban J connectivity index is 1.96. The molecule has 1 fully saturated rings. The Hall–Kier alpha value is -2.00. The van der Waals surface area contributed by atoms with Crippen LogP contribution in [-0.2, 0) is 17.1 Å². The highest BCUT2D eigenvalue weighted by atomic mass is 32.2. The second-order valence-corrected chi connectivity index (χ2v) is 8.05. The zero-order valence-electron chi connectivity index (χ0n) is 14.3. The quantitative estimate of drug-likeness (QED) is 0.821. The van der Waals surface area contributed by atoms with Crippen LogP contribution in [0.3, 0.4) is 0 Å². The fourth-order valence-electron chi connectivity index (χ4n) is 3.09. The molecule has 2 aromatic heterocycles. The number of nitrogens with zero attached hydrogens (tertiary/aromatic N) is 6. The fraction of sp³-hybridized carbons (Fsp3) is 0.533. The topological polar surface area (TPSA) is 84.2 Å². The molecule has 8 nitrogen and oxygen atoms in total. The first-order valence-electron chi connectivity index (χ1n) is 7.84. The zero-order valence-corrected chi connectivity index (χ0v) is 15.2. The molecule has 0 radical (unpaired) electrons. The lowest BCUT2D eigenvalue weighted by Crippen LogP contribution is -2.33. The SMILES string of the molecule is Cc1cnn(C)c1S(=O)(=O)N1CCCC1c1ccc(N(C)C)nn1. The molecule has 1 unspecified atom stereocenters. The molecule has 0 amide bonds. The maximum Gasteiger partial charge on any atom is 0.261 e. The molecule has 0 bridgehead atoms. The molecule has 0 saturated carbocycles. The monoisotopic (exact) mass is 350 g/mol. The van der Waals surface area contributed by atoms with Crippen LogP contribution in [0.2, 0.25) is 0 Å². The standard InChI is InChI=1S/C15H22N6O2S/c1-11-10-16-20(4)15(11)24(22,23)21-9-5-6-13(21)12-7-8-14(18-17-12)19(2)3/h7-8,10,13H,5-6,9H2,1-4H3. The molecule has 0 aromatic carbocycles. The van der Waals surface area contributed by atoms with Gasteiger partial charge in [0.05, 0.1) is 17.9 Å². The summed E-state index contributed by atoms with van der Waals surface area (Å²) >= 11 is 0. The molecule has 0 spiro atoms. The molecule has 9 heteroatoms. The molecule has 1 aliphatic rings. The average Bonchev–Trinajstić information content (AvgIpc) is 3.15. The Morgan fingerprint density at radius 2 is 2.00 bits per heavy atom. The molecule has 3 heterocycles. The van der Waals surface area contributed by atoms with Crippen molar-refractivity contribution >= 4 is 15.8 Å². The normalized spacial score (nSPS) is 18.9. The van der Waals surface area contributed by atoms with Gasteiger partial charge in [0.25, 0.3) is 10.0 Å². The predicted molar refractivity (Wildman–Crippen MR) is 90.2 cm³/mol. The summed E-state index contributed by atoms with van der Waals surface area (Å²) in [4.78, 5) is 1.86. The Morgan fingerprint density at radius 3 is 2.54 bits per heavy atom. The third kappa shape index (κ3) is 2.78. The van der Waals surface area contributed by atoms with E-state index in [1.807, 2.05) is 31.1 Å². The second-order valence-electron chi connectivity index (χ2n) is 6.24. The lowest BCUT2D eigenvalue weighted by molar-refractivity contribution is 0.383. The molecule has 0 aliphatic carbocycles. The Kier molecular flexibility index (Phi) is 4.31. The van der Waals surface area contributed by atoms with Crippen molar-refractivity contribution in [1.29, 1.82) is 0 Å². The highest BCUT2D eigenvalue weighted by Gasteiger charge is 2.39. The van der Waals surface area contributed by atoms with Crippen LogP contribution in [0.15, 0.2) is 23.4 Å². The van der Waals surface area contributed by atoms with Gasteiger partial charge < -0.3 is 4.90 Å². The van der Waals surface area contributed by atoms with Crippen LogP contribution in [-0.4, -0.2) is 53.3 Å². The van der Waals surface area contributed by atoms with Crippen molar-refractivity contribution in [2.45, 2.75) is 30.8 Å². The highest BCUT2D eigenvalue weighted by Crippen LogP contribution is 2.36. The number of hydrogen-bond donors (Lipinski definition) is 0. The van der Waals surface area contributed by atoms with Crippen molar-refractivity contribution in [3.8, 4) is 0 Å². The number of rotatable bonds is 4. The minimum absolute atomic E-state index is 0.243. The van der Waals surface area contributed by atoms with Crippen molar-refractivity contribution in [2.24, 2.45) is 7.05 Å². The lowest BCUT2D eigenvalue weighted by atomic mass is 10.1. The van der Waals surface area contributed by atoms with Crippen molar-refractivity contribution in [2.75, 3.05) is 25.5 Å². The lowest BCUT2D eigenvalue weighted by Gasteiger charge is -2.24. The Bertz CT molecular complexity index is 809. The summed E-state index contributed by atoms with van der Waals surface area (Å²) in [5.41, 5.74) is 1.33. The van der Waals surface area contributed by atoms with Crippen molar-refractivity contribution in [3.63, 3.8) is 0 Å². The van der Waals surface area contributed by atoms with E-state index in [1.165, 1.54) is 8.99 Å². The summed E-state index contributed by atoms with van der Waals surface area (Å²) in [6.07, 6.45) is 3.12. The van der Waals surface area contributed by atoms with E-state index < -0.39 is 10.0 Å². The zero-order chi connectivity index (χ0) is 17.5. The molecule has 0 N–H and O–H groups in total. The maximum absolute atomic E-state index is 13.1. The second kappa shape index (κ2) is 6.14. The summed E-state index contributed by atoms with van der Waals surface area (Å²) in [5.74, 6) is 0.744. The van der Waals surface area contributed by atoms with E-state index in [0.717, 1.165) is 18.7 Å². The molecule has 1 saturated heterocycles. The minimum Gasteiger partial charge on any atom is -0.361 e. The predicted octanol–water partition coefficient (Wildman–Crippen LogP) is 1.11. The van der Waals surface area contributed by atoms with Crippen molar-refractivity contribution in [3.05, 3.63) is 29.6 Å². The first kappa shape index (κ1) is 16.8. The molecule has 1 atom stereocenters. The molecular weight excluding hydrogens is 328 g/mol. The smallest absolute Gasteiger partial charge is 0.261 e. The molecule has 130 valence electrons. The number of aromatic nitrogens is 4. The van der Waals surface area contributed by atoms with Gasteiger partial charge in [0.2, 0.25) is 0 Å². The van der Waals surface area contributed by atoms with Crippen LogP contribution in [0, 0.1) is 6.92 Å². The van der Waals surface area contributed by atoms with Gasteiger partial charge in [0, 0.05) is 33.3 Å². The van der Waals surface area contributed by atoms with Crippen LogP contribution in [0.25, 0.3) is 0 Å². The van der Waals surface area contributed by atoms with Crippen LogP contribution in [0.1, 0.15) is 30.1 Å². The van der Waals surface area contributed by atoms with E-state index in [2.05, 4.69) is 15.3 Å². The number of aryl methyl sites for hydroxylation is 2. The van der Waals surface area contributed by atoms with Crippen LogP contribution in [0.4, 0.5) is 5.82 Å². The van der Waals surface area contributed by atoms with E-state index in [4.69, 9.17) is 0 Å². The highest BCUT2D eigenvalue weighted by molar-refractivity contribution is 7.89. The molecular formula is C15H22N6O2S. The third-order valence-corrected chi connectivity index (χ3v) is 6.41. The average molecular weight is 350 g/mol. The molecule has 24 heavy (non-hydrogen) atoms. The number of hydrogen-bond acceptors (Lipinski definition) is 6. The van der Waals surface area contributed by atoms with E-state index >= 15 is 0 Å². The van der Waals surface area contributed by atoms with Gasteiger partial charge in [0.15, 0.2) is 10.8 Å². The Morgan fingerprint density at radius 1 is 1.25 bits per heavy atom. The number of sulfonamides is 1. The van der Waals surface area contributed by atoms with Gasteiger partial charge in [-0.2, -0.15) is 14.5 Å². The summed E-state index contributed by atoms with van der Waals surface area (Å²) in [7, 11) is 1.80. The van der Waals surface area contributed by atoms with Gasteiger partial charge in [-0.1, -0.05) is 0 Å². The van der Waals surface area contributed by atoms with Gasteiger partial charge in [0.1, 0.15) is 0 Å². The van der Waals surface area contributed by atoms with Gasteiger partial charge in [-0.15, -0.1) is 5.10 Å². The van der Waals surface area contributed by atoms with Crippen molar-refractivity contribution in [1.82, 2.24) is 24.3 Å². The van der Waals surface area contributed by atoms with Gasteiger partial charge in [-0.3, -0.25) is 4.68 Å². The third-order valence-electron chi connectivity index (χ3n) is 4.28. The van der Waals surface area contributed by atoms with Crippen LogP contribution in [0.5, 0.6) is 0 Å². The molecule has 2 aromatic rings.